The zero-order valence-electron chi connectivity index (χ0n) is 16.9. The van der Waals surface area contributed by atoms with Crippen LogP contribution in [-0.2, 0) is 0 Å². The van der Waals surface area contributed by atoms with Gasteiger partial charge < -0.3 is 4.74 Å². The van der Waals surface area contributed by atoms with Crippen LogP contribution in [0, 0.1) is 29.4 Å². The fourth-order valence-corrected chi connectivity index (χ4v) is 5.10. The van der Waals surface area contributed by atoms with Crippen LogP contribution < -0.4 is 4.74 Å². The lowest BCUT2D eigenvalue weighted by Crippen LogP contribution is -2.25. The maximum absolute atomic E-state index is 14.3. The molecule has 0 unspecified atom stereocenters. The molecule has 1 nitrogen and oxygen atoms in total. The molecular weight excluding hydrogens is 380 g/mol. The molecular formula is C24H30F4O. The van der Waals surface area contributed by atoms with E-state index >= 15 is 0 Å². The average molecular weight is 410 g/mol. The summed E-state index contributed by atoms with van der Waals surface area (Å²) in [6.07, 6.45) is 12.0. The van der Waals surface area contributed by atoms with E-state index in [0.29, 0.717) is 17.9 Å². The first-order valence-electron chi connectivity index (χ1n) is 10.7. The quantitative estimate of drug-likeness (QED) is 0.264. The highest BCUT2D eigenvalue weighted by atomic mass is 19.3. The van der Waals surface area contributed by atoms with Crippen molar-refractivity contribution in [3.63, 3.8) is 0 Å². The Morgan fingerprint density at radius 1 is 0.897 bits per heavy atom. The third kappa shape index (κ3) is 5.86. The predicted molar refractivity (Wildman–Crippen MR) is 107 cm³/mol. The lowest BCUT2D eigenvalue weighted by Gasteiger charge is -2.37. The van der Waals surface area contributed by atoms with Crippen LogP contribution in [-0.4, -0.2) is 6.43 Å². The standard InChI is InChI=1S/C24H30F4O/c1-2-3-16-4-6-17(7-5-16)18-8-10-19(11-9-18)20-14-21(25)24(22(26)15-20)29-13-12-23(27)28/h2-3,12-19,23H,4-11H2,1H3. The fraction of sp³-hybridized carbons (Fsp3) is 0.583. The number of hydrogen-bond donors (Lipinski definition) is 0. The average Bonchev–Trinajstić information content (AvgIpc) is 2.71. The van der Waals surface area contributed by atoms with Gasteiger partial charge in [-0.2, -0.15) is 0 Å². The normalized spacial score (nSPS) is 28.5. The van der Waals surface area contributed by atoms with Crippen LogP contribution in [0.5, 0.6) is 5.75 Å². The van der Waals surface area contributed by atoms with E-state index in [2.05, 4.69) is 19.1 Å². The van der Waals surface area contributed by atoms with Crippen molar-refractivity contribution in [2.75, 3.05) is 0 Å². The Morgan fingerprint density at radius 2 is 1.45 bits per heavy atom. The number of benzene rings is 1. The third-order valence-electron chi connectivity index (χ3n) is 6.62. The summed E-state index contributed by atoms with van der Waals surface area (Å²) in [7, 11) is 0. The van der Waals surface area contributed by atoms with E-state index in [0.717, 1.165) is 43.4 Å². The molecule has 5 heteroatoms. The van der Waals surface area contributed by atoms with Crippen LogP contribution in [0.25, 0.3) is 0 Å². The highest BCUT2D eigenvalue weighted by Crippen LogP contribution is 2.44. The van der Waals surface area contributed by atoms with Gasteiger partial charge in [-0.15, -0.1) is 0 Å². The molecule has 1 aromatic rings. The Hall–Kier alpha value is -1.78. The van der Waals surface area contributed by atoms with E-state index in [-0.39, 0.29) is 5.92 Å². The Bertz CT molecular complexity index is 689. The molecule has 0 saturated heterocycles. The Kier molecular flexibility index (Phi) is 7.79. The lowest BCUT2D eigenvalue weighted by molar-refractivity contribution is 0.171. The van der Waals surface area contributed by atoms with E-state index in [9.17, 15) is 17.6 Å². The molecule has 2 aliphatic carbocycles. The number of hydrogen-bond acceptors (Lipinski definition) is 1. The molecule has 0 radical (unpaired) electrons. The van der Waals surface area contributed by atoms with Crippen LogP contribution in [0.4, 0.5) is 17.6 Å². The first kappa shape index (κ1) is 21.9. The summed E-state index contributed by atoms with van der Waals surface area (Å²) in [5.74, 6) is 0.0527. The molecule has 2 fully saturated rings. The highest BCUT2D eigenvalue weighted by Gasteiger charge is 2.31. The van der Waals surface area contributed by atoms with Gasteiger partial charge >= 0.3 is 0 Å². The molecule has 160 valence electrons. The molecule has 0 aliphatic heterocycles. The topological polar surface area (TPSA) is 9.23 Å². The molecule has 0 bridgehead atoms. The van der Waals surface area contributed by atoms with Crippen molar-refractivity contribution in [2.24, 2.45) is 17.8 Å². The van der Waals surface area contributed by atoms with Crippen LogP contribution in [0.15, 0.2) is 36.6 Å². The van der Waals surface area contributed by atoms with Crippen molar-refractivity contribution in [1.82, 2.24) is 0 Å². The van der Waals surface area contributed by atoms with Crippen molar-refractivity contribution in [2.45, 2.75) is 70.6 Å². The Labute approximate surface area is 170 Å². The smallest absolute Gasteiger partial charge is 0.260 e. The monoisotopic (exact) mass is 410 g/mol. The van der Waals surface area contributed by atoms with Gasteiger partial charge in [-0.25, -0.2) is 17.6 Å². The second kappa shape index (κ2) is 10.3. The summed E-state index contributed by atoms with van der Waals surface area (Å²) in [5.41, 5.74) is 0.639. The fourth-order valence-electron chi connectivity index (χ4n) is 5.10. The van der Waals surface area contributed by atoms with Crippen molar-refractivity contribution in [3.05, 3.63) is 53.8 Å². The van der Waals surface area contributed by atoms with E-state index < -0.39 is 23.8 Å². The summed E-state index contributed by atoms with van der Waals surface area (Å²) in [6, 6.07) is 2.59. The molecule has 0 amide bonds. The summed E-state index contributed by atoms with van der Waals surface area (Å²) in [6.45, 7) is 2.08. The molecule has 0 spiro atoms. The first-order chi connectivity index (χ1) is 14.0. The summed E-state index contributed by atoms with van der Waals surface area (Å²) in [5, 5.41) is 0. The first-order valence-corrected chi connectivity index (χ1v) is 10.7. The molecule has 29 heavy (non-hydrogen) atoms. The molecule has 0 aromatic heterocycles. The van der Waals surface area contributed by atoms with E-state index in [1.807, 2.05) is 0 Å². The minimum atomic E-state index is -2.73. The Morgan fingerprint density at radius 3 is 1.97 bits per heavy atom. The van der Waals surface area contributed by atoms with Crippen LogP contribution in [0.2, 0.25) is 0 Å². The Balaban J connectivity index is 1.55. The molecule has 0 N–H and O–H groups in total. The van der Waals surface area contributed by atoms with Gasteiger partial charge in [-0.1, -0.05) is 12.2 Å². The second-order valence-corrected chi connectivity index (χ2v) is 8.41. The highest BCUT2D eigenvalue weighted by molar-refractivity contribution is 5.34. The van der Waals surface area contributed by atoms with E-state index in [1.165, 1.54) is 37.8 Å². The van der Waals surface area contributed by atoms with E-state index in [1.54, 1.807) is 0 Å². The maximum atomic E-state index is 14.3. The van der Waals surface area contributed by atoms with Gasteiger partial charge in [0.2, 0.25) is 0 Å². The molecule has 2 saturated carbocycles. The van der Waals surface area contributed by atoms with Crippen molar-refractivity contribution in [3.8, 4) is 5.75 Å². The van der Waals surface area contributed by atoms with Crippen LogP contribution in [0.1, 0.15) is 69.8 Å². The third-order valence-corrected chi connectivity index (χ3v) is 6.62. The van der Waals surface area contributed by atoms with Crippen LogP contribution >= 0.6 is 0 Å². The van der Waals surface area contributed by atoms with Crippen LogP contribution in [0.3, 0.4) is 0 Å². The van der Waals surface area contributed by atoms with Gasteiger partial charge in [-0.3, -0.25) is 0 Å². The molecule has 2 aliphatic rings. The predicted octanol–water partition coefficient (Wildman–Crippen LogP) is 7.78. The number of allylic oxidation sites excluding steroid dienone is 3. The minimum absolute atomic E-state index is 0.139. The van der Waals surface area contributed by atoms with Crippen molar-refractivity contribution in [1.29, 1.82) is 0 Å². The van der Waals surface area contributed by atoms with E-state index in [4.69, 9.17) is 4.74 Å². The second-order valence-electron chi connectivity index (χ2n) is 8.41. The summed E-state index contributed by atoms with van der Waals surface area (Å²) >= 11 is 0. The van der Waals surface area contributed by atoms with Crippen molar-refractivity contribution >= 4 is 0 Å². The number of halogens is 4. The zero-order valence-corrected chi connectivity index (χ0v) is 16.9. The number of alkyl halides is 2. The molecule has 3 rings (SSSR count). The summed E-state index contributed by atoms with van der Waals surface area (Å²) < 4.78 is 57.5. The van der Waals surface area contributed by atoms with Gasteiger partial charge in [0, 0.05) is 6.08 Å². The maximum Gasteiger partial charge on any atom is 0.260 e. The van der Waals surface area contributed by atoms with Gasteiger partial charge in [-0.05, 0) is 99.7 Å². The van der Waals surface area contributed by atoms with Gasteiger partial charge in [0.15, 0.2) is 17.4 Å². The number of rotatable bonds is 6. The summed E-state index contributed by atoms with van der Waals surface area (Å²) in [4.78, 5) is 0. The molecule has 0 heterocycles. The van der Waals surface area contributed by atoms with Gasteiger partial charge in [0.1, 0.15) is 0 Å². The lowest BCUT2D eigenvalue weighted by atomic mass is 9.68. The minimum Gasteiger partial charge on any atom is -0.459 e. The number of ether oxygens (including phenoxy) is 1. The SMILES string of the molecule is CC=CC1CCC(C2CCC(c3cc(F)c(OC=CC(F)F)c(F)c3)CC2)CC1. The van der Waals surface area contributed by atoms with Crippen molar-refractivity contribution < 1.29 is 22.3 Å². The van der Waals surface area contributed by atoms with Gasteiger partial charge in [0.05, 0.1) is 6.26 Å². The molecule has 1 aromatic carbocycles. The zero-order chi connectivity index (χ0) is 20.8. The molecule has 0 atom stereocenters. The van der Waals surface area contributed by atoms with Gasteiger partial charge in [0.25, 0.3) is 6.43 Å². The largest absolute Gasteiger partial charge is 0.459 e.